The maximum atomic E-state index is 10.1. The van der Waals surface area contributed by atoms with Crippen LogP contribution in [-0.2, 0) is 12.0 Å². The van der Waals surface area contributed by atoms with Crippen molar-refractivity contribution in [3.63, 3.8) is 0 Å². The molecule has 3 heteroatoms. The molecule has 2 heterocycles. The summed E-state index contributed by atoms with van der Waals surface area (Å²) in [6.07, 6.45) is 0. The third-order valence-corrected chi connectivity index (χ3v) is 5.44. The maximum Gasteiger partial charge on any atom is 0.120 e. The van der Waals surface area contributed by atoms with Crippen molar-refractivity contribution in [2.75, 3.05) is 13.6 Å². The first-order chi connectivity index (χ1) is 10.7. The van der Waals surface area contributed by atoms with Crippen molar-refractivity contribution in [2.24, 2.45) is 0 Å². The van der Waals surface area contributed by atoms with Crippen molar-refractivity contribution in [2.45, 2.75) is 12.0 Å². The van der Waals surface area contributed by atoms with Gasteiger partial charge < -0.3 is 0 Å². The molecule has 0 bridgehead atoms. The van der Waals surface area contributed by atoms with Crippen LogP contribution < -0.4 is 0 Å². The van der Waals surface area contributed by atoms with Gasteiger partial charge in [-0.1, -0.05) is 36.4 Å². The molecule has 0 spiro atoms. The fourth-order valence-electron chi connectivity index (χ4n) is 3.54. The fraction of sp³-hybridized carbons (Fsp3) is 0.211. The van der Waals surface area contributed by atoms with Gasteiger partial charge >= 0.3 is 0 Å². The number of hydrogen-bond donors (Lipinski definition) is 0. The summed E-state index contributed by atoms with van der Waals surface area (Å²) in [5.74, 6) is 0. The summed E-state index contributed by atoms with van der Waals surface area (Å²) in [5, 5.41) is 13.5. The number of likely N-dealkylation sites (N-methyl/N-ethyl adjacent to an activating group) is 1. The predicted octanol–water partition coefficient (Wildman–Crippen LogP) is 4.16. The molecule has 2 aromatic carbocycles. The van der Waals surface area contributed by atoms with Crippen molar-refractivity contribution in [1.82, 2.24) is 4.90 Å². The summed E-state index contributed by atoms with van der Waals surface area (Å²) in [6, 6.07) is 19.6. The zero-order valence-corrected chi connectivity index (χ0v) is 13.2. The van der Waals surface area contributed by atoms with Crippen LogP contribution in [0.25, 0.3) is 10.1 Å². The molecule has 1 aliphatic rings. The van der Waals surface area contributed by atoms with Crippen molar-refractivity contribution in [3.05, 3.63) is 70.6 Å². The lowest BCUT2D eigenvalue weighted by Gasteiger charge is -2.38. The minimum atomic E-state index is -0.582. The van der Waals surface area contributed by atoms with E-state index in [0.717, 1.165) is 24.2 Å². The zero-order valence-electron chi connectivity index (χ0n) is 12.4. The Kier molecular flexibility index (Phi) is 3.04. The highest BCUT2D eigenvalue weighted by atomic mass is 32.1. The molecule has 0 aliphatic carbocycles. The molecule has 1 atom stereocenters. The second-order valence-electron chi connectivity index (χ2n) is 6.02. The number of benzene rings is 2. The third-order valence-electron chi connectivity index (χ3n) is 4.56. The van der Waals surface area contributed by atoms with E-state index in [-0.39, 0.29) is 0 Å². The Morgan fingerprint density at radius 3 is 2.91 bits per heavy atom. The van der Waals surface area contributed by atoms with Crippen LogP contribution >= 0.6 is 11.3 Å². The molecule has 0 N–H and O–H groups in total. The normalized spacial score (nSPS) is 21.5. The van der Waals surface area contributed by atoms with Crippen LogP contribution in [0, 0.1) is 11.3 Å². The number of hydrogen-bond acceptors (Lipinski definition) is 3. The molecular formula is C19H16N2S. The van der Waals surface area contributed by atoms with Gasteiger partial charge in [-0.3, -0.25) is 4.90 Å². The molecule has 0 radical (unpaired) electrons. The molecule has 4 rings (SSSR count). The van der Waals surface area contributed by atoms with E-state index in [1.165, 1.54) is 15.6 Å². The van der Waals surface area contributed by atoms with Gasteiger partial charge in [-0.25, -0.2) is 0 Å². The van der Waals surface area contributed by atoms with E-state index in [9.17, 15) is 5.26 Å². The molecule has 1 unspecified atom stereocenters. The summed E-state index contributed by atoms with van der Waals surface area (Å²) < 4.78 is 1.25. The van der Waals surface area contributed by atoms with Crippen LogP contribution in [0.4, 0.5) is 0 Å². The number of rotatable bonds is 1. The van der Waals surface area contributed by atoms with Gasteiger partial charge in [-0.2, -0.15) is 5.26 Å². The summed E-state index contributed by atoms with van der Waals surface area (Å²) >= 11 is 1.73. The van der Waals surface area contributed by atoms with Crippen LogP contribution in [0.15, 0.2) is 53.9 Å². The molecular weight excluding hydrogens is 288 g/mol. The van der Waals surface area contributed by atoms with Crippen molar-refractivity contribution in [1.29, 1.82) is 5.26 Å². The Morgan fingerprint density at radius 1 is 1.18 bits per heavy atom. The van der Waals surface area contributed by atoms with Gasteiger partial charge in [0.05, 0.1) is 6.07 Å². The monoisotopic (exact) mass is 304 g/mol. The lowest BCUT2D eigenvalue weighted by atomic mass is 9.71. The Balaban J connectivity index is 1.98. The summed E-state index contributed by atoms with van der Waals surface area (Å²) in [7, 11) is 2.09. The maximum absolute atomic E-state index is 10.1. The van der Waals surface area contributed by atoms with Crippen LogP contribution in [0.5, 0.6) is 0 Å². The molecule has 1 aromatic heterocycles. The smallest absolute Gasteiger partial charge is 0.120 e. The first kappa shape index (κ1) is 13.5. The molecule has 22 heavy (non-hydrogen) atoms. The van der Waals surface area contributed by atoms with Gasteiger partial charge in [-0.05, 0) is 46.6 Å². The predicted molar refractivity (Wildman–Crippen MR) is 91.0 cm³/mol. The van der Waals surface area contributed by atoms with Crippen molar-refractivity contribution < 1.29 is 0 Å². The Hall–Kier alpha value is -2.15. The van der Waals surface area contributed by atoms with Gasteiger partial charge in [0.25, 0.3) is 0 Å². The molecule has 0 fully saturated rings. The Bertz CT molecular complexity index is 890. The summed E-state index contributed by atoms with van der Waals surface area (Å²) in [6.45, 7) is 1.64. The quantitative estimate of drug-likeness (QED) is 0.675. The Morgan fingerprint density at radius 2 is 2.05 bits per heavy atom. The van der Waals surface area contributed by atoms with E-state index in [1.807, 2.05) is 6.07 Å². The van der Waals surface area contributed by atoms with Gasteiger partial charge in [0, 0.05) is 17.8 Å². The van der Waals surface area contributed by atoms with Crippen LogP contribution in [0.1, 0.15) is 16.7 Å². The van der Waals surface area contributed by atoms with E-state index >= 15 is 0 Å². The average molecular weight is 304 g/mol. The van der Waals surface area contributed by atoms with E-state index in [4.69, 9.17) is 0 Å². The van der Waals surface area contributed by atoms with Gasteiger partial charge in [0.2, 0.25) is 0 Å². The molecule has 108 valence electrons. The van der Waals surface area contributed by atoms with Crippen LogP contribution in [0.2, 0.25) is 0 Å². The summed E-state index contributed by atoms with van der Waals surface area (Å²) in [4.78, 5) is 2.24. The Labute approximate surface area is 134 Å². The molecule has 1 aliphatic heterocycles. The lowest BCUT2D eigenvalue weighted by molar-refractivity contribution is 0.267. The molecule has 2 nitrogen and oxygen atoms in total. The summed E-state index contributed by atoms with van der Waals surface area (Å²) in [5.41, 5.74) is 2.93. The number of fused-ring (bicyclic) bond motifs is 2. The van der Waals surface area contributed by atoms with E-state index in [2.05, 4.69) is 65.9 Å². The van der Waals surface area contributed by atoms with Crippen LogP contribution in [-0.4, -0.2) is 18.5 Å². The van der Waals surface area contributed by atoms with E-state index < -0.39 is 5.41 Å². The van der Waals surface area contributed by atoms with Gasteiger partial charge in [-0.15, -0.1) is 11.3 Å². The first-order valence-corrected chi connectivity index (χ1v) is 8.27. The van der Waals surface area contributed by atoms with Crippen molar-refractivity contribution in [3.8, 4) is 6.07 Å². The highest BCUT2D eigenvalue weighted by Crippen LogP contribution is 2.40. The standard InChI is InChI=1S/C19H16N2S/c1-21-11-15-4-2-3-5-17(15)19(12-20,13-21)16-7-6-14-8-9-22-18(14)10-16/h2-10H,11,13H2,1H3. The second kappa shape index (κ2) is 4.95. The number of nitrogens with zero attached hydrogens (tertiary/aromatic N) is 2. The molecule has 0 saturated heterocycles. The average Bonchev–Trinajstić information content (AvgIpc) is 3.01. The lowest BCUT2D eigenvalue weighted by Crippen LogP contribution is -2.43. The SMILES string of the molecule is CN1Cc2ccccc2C(C#N)(c2ccc3ccsc3c2)C1. The number of nitriles is 1. The van der Waals surface area contributed by atoms with Crippen molar-refractivity contribution >= 4 is 21.4 Å². The minimum Gasteiger partial charge on any atom is -0.300 e. The largest absolute Gasteiger partial charge is 0.300 e. The minimum absolute atomic E-state index is 0.582. The fourth-order valence-corrected chi connectivity index (χ4v) is 4.37. The van der Waals surface area contributed by atoms with E-state index in [1.54, 1.807) is 11.3 Å². The third kappa shape index (κ3) is 1.89. The highest BCUT2D eigenvalue weighted by Gasteiger charge is 2.40. The van der Waals surface area contributed by atoms with Gasteiger partial charge in [0.1, 0.15) is 5.41 Å². The second-order valence-corrected chi connectivity index (χ2v) is 6.97. The molecule has 3 aromatic rings. The molecule has 0 saturated carbocycles. The van der Waals surface area contributed by atoms with Gasteiger partial charge in [0.15, 0.2) is 0 Å². The topological polar surface area (TPSA) is 27.0 Å². The number of thiophene rings is 1. The molecule has 0 amide bonds. The van der Waals surface area contributed by atoms with E-state index in [0.29, 0.717) is 0 Å². The first-order valence-electron chi connectivity index (χ1n) is 7.39. The van der Waals surface area contributed by atoms with Crippen LogP contribution in [0.3, 0.4) is 0 Å². The highest BCUT2D eigenvalue weighted by molar-refractivity contribution is 7.17. The zero-order chi connectivity index (χ0) is 15.2.